The van der Waals surface area contributed by atoms with Crippen molar-refractivity contribution in [3.63, 3.8) is 0 Å². The molecule has 0 bridgehead atoms. The number of carbonyl (C=O) groups is 2. The highest BCUT2D eigenvalue weighted by Crippen LogP contribution is 2.11. The first-order chi connectivity index (χ1) is 13.0. The molecule has 0 aromatic heterocycles. The summed E-state index contributed by atoms with van der Waals surface area (Å²) in [6.07, 6.45) is 6.58. The van der Waals surface area contributed by atoms with E-state index in [0.717, 1.165) is 12.0 Å². The molecule has 0 aliphatic heterocycles. The van der Waals surface area contributed by atoms with Gasteiger partial charge in [-0.15, -0.1) is 6.42 Å². The zero-order valence-electron chi connectivity index (χ0n) is 15.1. The maximum atomic E-state index is 12.9. The molecule has 2 rings (SSSR count). The summed E-state index contributed by atoms with van der Waals surface area (Å²) in [6.45, 7) is 2.16. The van der Waals surface area contributed by atoms with Gasteiger partial charge in [-0.3, -0.25) is 4.79 Å². The van der Waals surface area contributed by atoms with Crippen molar-refractivity contribution in [2.24, 2.45) is 0 Å². The molecule has 3 amide bonds. The molecule has 0 heterocycles. The summed E-state index contributed by atoms with van der Waals surface area (Å²) in [7, 11) is 0. The van der Waals surface area contributed by atoms with Crippen LogP contribution in [0, 0.1) is 18.2 Å². The number of terminal acetylenes is 1. The van der Waals surface area contributed by atoms with Crippen molar-refractivity contribution in [3.8, 4) is 12.3 Å². The van der Waals surface area contributed by atoms with E-state index < -0.39 is 12.1 Å². The standard InChI is InChI=1S/C21H22FN3O2/c1-3-6-19(20(26)24-18-8-5-7-15(4-2)13-18)25-21(27)23-14-16-9-11-17(22)12-10-16/h2,5,7-13,19H,3,6,14H2,1H3,(H,24,26)(H2,23,25,27). The van der Waals surface area contributed by atoms with E-state index in [9.17, 15) is 14.0 Å². The number of urea groups is 1. The van der Waals surface area contributed by atoms with Crippen LogP contribution in [-0.2, 0) is 11.3 Å². The third-order valence-corrected chi connectivity index (χ3v) is 3.86. The molecule has 6 heteroatoms. The summed E-state index contributed by atoms with van der Waals surface area (Å²) in [5, 5.41) is 8.11. The Bertz CT molecular complexity index is 828. The van der Waals surface area contributed by atoms with Gasteiger partial charge in [0, 0.05) is 17.8 Å². The maximum absolute atomic E-state index is 12.9. The van der Waals surface area contributed by atoms with Crippen LogP contribution in [0.5, 0.6) is 0 Å². The number of hydrogen-bond acceptors (Lipinski definition) is 2. The van der Waals surface area contributed by atoms with Crippen LogP contribution in [0.3, 0.4) is 0 Å². The Morgan fingerprint density at radius 3 is 2.59 bits per heavy atom. The van der Waals surface area contributed by atoms with E-state index in [4.69, 9.17) is 6.42 Å². The van der Waals surface area contributed by atoms with Crippen LogP contribution in [0.15, 0.2) is 48.5 Å². The fraction of sp³-hybridized carbons (Fsp3) is 0.238. The van der Waals surface area contributed by atoms with E-state index in [1.54, 1.807) is 36.4 Å². The summed E-state index contributed by atoms with van der Waals surface area (Å²) < 4.78 is 12.9. The Hall–Kier alpha value is -3.33. The molecule has 140 valence electrons. The number of carbonyl (C=O) groups excluding carboxylic acids is 2. The van der Waals surface area contributed by atoms with Gasteiger partial charge in [0.15, 0.2) is 0 Å². The molecular weight excluding hydrogens is 345 g/mol. The van der Waals surface area contributed by atoms with Gasteiger partial charge in [0.05, 0.1) is 0 Å². The Morgan fingerprint density at radius 2 is 1.93 bits per heavy atom. The largest absolute Gasteiger partial charge is 0.334 e. The highest BCUT2D eigenvalue weighted by atomic mass is 19.1. The monoisotopic (exact) mass is 367 g/mol. The fourth-order valence-corrected chi connectivity index (χ4v) is 2.47. The van der Waals surface area contributed by atoms with Crippen molar-refractivity contribution in [1.29, 1.82) is 0 Å². The van der Waals surface area contributed by atoms with Gasteiger partial charge >= 0.3 is 6.03 Å². The smallest absolute Gasteiger partial charge is 0.315 e. The Morgan fingerprint density at radius 1 is 1.19 bits per heavy atom. The zero-order valence-corrected chi connectivity index (χ0v) is 15.1. The highest BCUT2D eigenvalue weighted by Gasteiger charge is 2.20. The minimum absolute atomic E-state index is 0.233. The van der Waals surface area contributed by atoms with Crippen LogP contribution < -0.4 is 16.0 Å². The normalized spacial score (nSPS) is 11.1. The van der Waals surface area contributed by atoms with Gasteiger partial charge in [-0.1, -0.05) is 37.5 Å². The summed E-state index contributed by atoms with van der Waals surface area (Å²) in [6, 6.07) is 11.6. The topological polar surface area (TPSA) is 70.2 Å². The van der Waals surface area contributed by atoms with Gasteiger partial charge in [0.2, 0.25) is 5.91 Å². The molecule has 0 radical (unpaired) electrons. The van der Waals surface area contributed by atoms with E-state index in [0.29, 0.717) is 17.7 Å². The molecule has 0 aliphatic rings. The average molecular weight is 367 g/mol. The molecule has 2 aromatic carbocycles. The van der Waals surface area contributed by atoms with Gasteiger partial charge < -0.3 is 16.0 Å². The van der Waals surface area contributed by atoms with Gasteiger partial charge in [-0.05, 0) is 42.3 Å². The molecule has 0 fully saturated rings. The lowest BCUT2D eigenvalue weighted by Crippen LogP contribution is -2.47. The minimum Gasteiger partial charge on any atom is -0.334 e. The molecule has 27 heavy (non-hydrogen) atoms. The third kappa shape index (κ3) is 6.48. The predicted octanol–water partition coefficient (Wildman–Crippen LogP) is 3.41. The first-order valence-electron chi connectivity index (χ1n) is 8.68. The molecule has 0 spiro atoms. The Kier molecular flexibility index (Phi) is 7.38. The van der Waals surface area contributed by atoms with Gasteiger partial charge in [0.1, 0.15) is 11.9 Å². The van der Waals surface area contributed by atoms with Crippen LogP contribution in [0.4, 0.5) is 14.9 Å². The molecule has 0 aliphatic carbocycles. The number of amides is 3. The molecule has 5 nitrogen and oxygen atoms in total. The van der Waals surface area contributed by atoms with E-state index in [1.165, 1.54) is 12.1 Å². The second-order valence-electron chi connectivity index (χ2n) is 6.01. The van der Waals surface area contributed by atoms with E-state index in [2.05, 4.69) is 21.9 Å². The van der Waals surface area contributed by atoms with Crippen LogP contribution >= 0.6 is 0 Å². The van der Waals surface area contributed by atoms with E-state index in [1.807, 2.05) is 6.92 Å². The first kappa shape index (κ1) is 20.0. The number of nitrogens with one attached hydrogen (secondary N) is 3. The van der Waals surface area contributed by atoms with Crippen molar-refractivity contribution in [3.05, 3.63) is 65.5 Å². The van der Waals surface area contributed by atoms with Crippen molar-refractivity contribution >= 4 is 17.6 Å². The minimum atomic E-state index is -0.683. The molecule has 3 N–H and O–H groups in total. The van der Waals surface area contributed by atoms with Crippen molar-refractivity contribution in [1.82, 2.24) is 10.6 Å². The predicted molar refractivity (Wildman–Crippen MR) is 103 cm³/mol. The van der Waals surface area contributed by atoms with Crippen LogP contribution in [-0.4, -0.2) is 18.0 Å². The second kappa shape index (κ2) is 9.97. The number of anilines is 1. The molecule has 1 unspecified atom stereocenters. The Labute approximate surface area is 158 Å². The molecular formula is C21H22FN3O2. The van der Waals surface area contributed by atoms with Crippen molar-refractivity contribution < 1.29 is 14.0 Å². The van der Waals surface area contributed by atoms with Crippen LogP contribution in [0.25, 0.3) is 0 Å². The average Bonchev–Trinajstić information content (AvgIpc) is 2.67. The molecule has 0 saturated carbocycles. The summed E-state index contributed by atoms with van der Waals surface area (Å²) in [5.74, 6) is 1.86. The lowest BCUT2D eigenvalue weighted by atomic mass is 10.1. The second-order valence-corrected chi connectivity index (χ2v) is 6.01. The van der Waals surface area contributed by atoms with Gasteiger partial charge in [-0.25, -0.2) is 9.18 Å². The van der Waals surface area contributed by atoms with Crippen molar-refractivity contribution in [2.45, 2.75) is 32.4 Å². The number of rotatable bonds is 7. The number of halogens is 1. The highest BCUT2D eigenvalue weighted by molar-refractivity contribution is 5.97. The third-order valence-electron chi connectivity index (χ3n) is 3.86. The van der Waals surface area contributed by atoms with E-state index in [-0.39, 0.29) is 18.3 Å². The van der Waals surface area contributed by atoms with Crippen molar-refractivity contribution in [2.75, 3.05) is 5.32 Å². The number of benzene rings is 2. The maximum Gasteiger partial charge on any atom is 0.315 e. The van der Waals surface area contributed by atoms with Gasteiger partial charge in [-0.2, -0.15) is 0 Å². The molecule has 2 aromatic rings. The lowest BCUT2D eigenvalue weighted by Gasteiger charge is -2.18. The SMILES string of the molecule is C#Cc1cccc(NC(=O)C(CCC)NC(=O)NCc2ccc(F)cc2)c1. The quantitative estimate of drug-likeness (QED) is 0.657. The molecule has 0 saturated heterocycles. The summed E-state index contributed by atoms with van der Waals surface area (Å²) in [4.78, 5) is 24.6. The van der Waals surface area contributed by atoms with Gasteiger partial charge in [0.25, 0.3) is 0 Å². The fourth-order valence-electron chi connectivity index (χ4n) is 2.47. The summed E-state index contributed by atoms with van der Waals surface area (Å²) >= 11 is 0. The van der Waals surface area contributed by atoms with Crippen LogP contribution in [0.2, 0.25) is 0 Å². The zero-order chi connectivity index (χ0) is 19.6. The Balaban J connectivity index is 1.92. The molecule has 1 atom stereocenters. The lowest BCUT2D eigenvalue weighted by molar-refractivity contribution is -0.118. The van der Waals surface area contributed by atoms with Crippen LogP contribution in [0.1, 0.15) is 30.9 Å². The first-order valence-corrected chi connectivity index (χ1v) is 8.68. The number of hydrogen-bond donors (Lipinski definition) is 3. The summed E-state index contributed by atoms with van der Waals surface area (Å²) in [5.41, 5.74) is 1.99. The van der Waals surface area contributed by atoms with E-state index >= 15 is 0 Å².